The van der Waals surface area contributed by atoms with Crippen LogP contribution in [0.15, 0.2) is 42.7 Å². The monoisotopic (exact) mass is 269 g/mol. The fourth-order valence-electron chi connectivity index (χ4n) is 2.65. The largest absolute Gasteiger partial charge is 0.327 e. The van der Waals surface area contributed by atoms with Crippen LogP contribution < -0.4 is 0 Å². The molecule has 1 aliphatic rings. The minimum Gasteiger partial charge on any atom is -0.327 e. The summed E-state index contributed by atoms with van der Waals surface area (Å²) in [5, 5.41) is 0. The van der Waals surface area contributed by atoms with E-state index in [2.05, 4.69) is 24.1 Å². The van der Waals surface area contributed by atoms with E-state index in [1.54, 1.807) is 0 Å². The minimum atomic E-state index is 0.0276. The maximum absolute atomic E-state index is 12.6. The van der Waals surface area contributed by atoms with E-state index in [0.717, 1.165) is 24.9 Å². The van der Waals surface area contributed by atoms with Crippen molar-refractivity contribution in [1.82, 2.24) is 14.3 Å². The lowest BCUT2D eigenvalue weighted by Gasteiger charge is -2.23. The van der Waals surface area contributed by atoms with Gasteiger partial charge in [0.1, 0.15) is 11.3 Å². The van der Waals surface area contributed by atoms with E-state index < -0.39 is 0 Å². The second-order valence-electron chi connectivity index (χ2n) is 5.19. The number of aromatic nitrogens is 2. The topological polar surface area (TPSA) is 37.6 Å². The lowest BCUT2D eigenvalue weighted by atomic mass is 10.1. The average Bonchev–Trinajstić information content (AvgIpc) is 3.10. The van der Waals surface area contributed by atoms with Gasteiger partial charge in [-0.2, -0.15) is 0 Å². The number of hydrogen-bond acceptors (Lipinski definition) is 2. The van der Waals surface area contributed by atoms with Gasteiger partial charge in [-0.25, -0.2) is 4.98 Å². The molecular weight excluding hydrogens is 250 g/mol. The fourth-order valence-corrected chi connectivity index (χ4v) is 2.65. The van der Waals surface area contributed by atoms with Gasteiger partial charge in [0.2, 0.25) is 0 Å². The van der Waals surface area contributed by atoms with Crippen molar-refractivity contribution in [2.24, 2.45) is 0 Å². The highest BCUT2D eigenvalue weighted by Gasteiger charge is 2.26. The second kappa shape index (κ2) is 5.49. The molecule has 0 aliphatic carbocycles. The molecule has 1 amide bonds. The van der Waals surface area contributed by atoms with Gasteiger partial charge in [0.15, 0.2) is 0 Å². The molecule has 1 aliphatic heterocycles. The van der Waals surface area contributed by atoms with Gasteiger partial charge < -0.3 is 9.30 Å². The van der Waals surface area contributed by atoms with Crippen molar-refractivity contribution in [1.29, 1.82) is 0 Å². The van der Waals surface area contributed by atoms with Crippen LogP contribution in [0.5, 0.6) is 0 Å². The average molecular weight is 269 g/mol. The molecule has 0 unspecified atom stereocenters. The van der Waals surface area contributed by atoms with Crippen LogP contribution in [0.25, 0.3) is 5.65 Å². The molecule has 3 heterocycles. The number of hydrogen-bond donors (Lipinski definition) is 0. The second-order valence-corrected chi connectivity index (χ2v) is 5.19. The minimum absolute atomic E-state index is 0.0276. The zero-order valence-electron chi connectivity index (χ0n) is 11.7. The molecule has 3 rings (SSSR count). The van der Waals surface area contributed by atoms with Crippen molar-refractivity contribution in [3.05, 3.63) is 48.4 Å². The quantitative estimate of drug-likeness (QED) is 0.800. The van der Waals surface area contributed by atoms with Gasteiger partial charge in [-0.1, -0.05) is 38.0 Å². The number of pyridine rings is 1. The standard InChI is InChI=1S/C16H19N3O/c1-2-3-7-13-8-6-11-19(13)16(20)14-12-18-10-5-4-9-15(18)17-14/h4-6,8-10,12-13H,2-3,7,11H2,1H3/t13-/m1/s1. The number of carbonyl (C=O) groups excluding carboxylic acids is 1. The molecule has 2 aromatic heterocycles. The molecule has 0 fully saturated rings. The fraction of sp³-hybridized carbons (Fsp3) is 0.375. The van der Waals surface area contributed by atoms with Gasteiger partial charge in [-0.3, -0.25) is 4.79 Å². The Morgan fingerprint density at radius 3 is 3.15 bits per heavy atom. The first kappa shape index (κ1) is 12.9. The molecule has 0 radical (unpaired) electrons. The number of nitrogens with zero attached hydrogens (tertiary/aromatic N) is 3. The van der Waals surface area contributed by atoms with E-state index in [4.69, 9.17) is 0 Å². The SMILES string of the molecule is CCCC[C@@H]1C=CCN1C(=O)c1cn2ccccc2n1. The Kier molecular flexibility index (Phi) is 3.54. The number of fused-ring (bicyclic) bond motifs is 1. The van der Waals surface area contributed by atoms with Crippen molar-refractivity contribution in [3.8, 4) is 0 Å². The summed E-state index contributed by atoms with van der Waals surface area (Å²) >= 11 is 0. The van der Waals surface area contributed by atoms with E-state index in [0.29, 0.717) is 12.2 Å². The molecule has 4 heteroatoms. The van der Waals surface area contributed by atoms with Crippen LogP contribution in [-0.2, 0) is 0 Å². The lowest BCUT2D eigenvalue weighted by Crippen LogP contribution is -2.36. The predicted molar refractivity (Wildman–Crippen MR) is 78.7 cm³/mol. The zero-order chi connectivity index (χ0) is 13.9. The summed E-state index contributed by atoms with van der Waals surface area (Å²) in [5.74, 6) is 0.0276. The molecule has 2 aromatic rings. The number of imidazole rings is 1. The molecule has 4 nitrogen and oxygen atoms in total. The molecule has 20 heavy (non-hydrogen) atoms. The molecular formula is C16H19N3O. The summed E-state index contributed by atoms with van der Waals surface area (Å²) in [4.78, 5) is 18.9. The maximum Gasteiger partial charge on any atom is 0.274 e. The van der Waals surface area contributed by atoms with Gasteiger partial charge in [-0.15, -0.1) is 0 Å². The summed E-state index contributed by atoms with van der Waals surface area (Å²) in [5.41, 5.74) is 1.34. The number of unbranched alkanes of at least 4 members (excludes halogenated alkanes) is 1. The first-order valence-electron chi connectivity index (χ1n) is 7.21. The highest BCUT2D eigenvalue weighted by Crippen LogP contribution is 2.19. The first-order valence-corrected chi connectivity index (χ1v) is 7.21. The van der Waals surface area contributed by atoms with Crippen LogP contribution in [0, 0.1) is 0 Å². The molecule has 104 valence electrons. The smallest absolute Gasteiger partial charge is 0.274 e. The van der Waals surface area contributed by atoms with E-state index in [-0.39, 0.29) is 11.9 Å². The van der Waals surface area contributed by atoms with Crippen LogP contribution >= 0.6 is 0 Å². The number of amides is 1. The highest BCUT2D eigenvalue weighted by atomic mass is 16.2. The van der Waals surface area contributed by atoms with Gasteiger partial charge in [0.25, 0.3) is 5.91 Å². The lowest BCUT2D eigenvalue weighted by molar-refractivity contribution is 0.0738. The predicted octanol–water partition coefficient (Wildman–Crippen LogP) is 2.91. The molecule has 0 spiro atoms. The Balaban J connectivity index is 1.81. The third-order valence-corrected chi connectivity index (χ3v) is 3.76. The van der Waals surface area contributed by atoms with Crippen molar-refractivity contribution in [3.63, 3.8) is 0 Å². The Hall–Kier alpha value is -2.10. The molecule has 0 bridgehead atoms. The van der Waals surface area contributed by atoms with Gasteiger partial charge in [-0.05, 0) is 18.6 Å². The van der Waals surface area contributed by atoms with E-state index in [1.165, 1.54) is 0 Å². The van der Waals surface area contributed by atoms with Gasteiger partial charge in [0, 0.05) is 18.9 Å². The van der Waals surface area contributed by atoms with Crippen LogP contribution in [0.3, 0.4) is 0 Å². The van der Waals surface area contributed by atoms with Crippen LogP contribution in [0.2, 0.25) is 0 Å². The summed E-state index contributed by atoms with van der Waals surface area (Å²) in [6.45, 7) is 2.87. The van der Waals surface area contributed by atoms with Crippen LogP contribution in [0.4, 0.5) is 0 Å². The maximum atomic E-state index is 12.6. The summed E-state index contributed by atoms with van der Waals surface area (Å²) in [6, 6.07) is 6.00. The molecule has 0 saturated heterocycles. The van der Waals surface area contributed by atoms with Crippen LogP contribution in [0.1, 0.15) is 36.7 Å². The van der Waals surface area contributed by atoms with Gasteiger partial charge in [0.05, 0.1) is 6.04 Å². The summed E-state index contributed by atoms with van der Waals surface area (Å²) in [7, 11) is 0. The third-order valence-electron chi connectivity index (χ3n) is 3.76. The zero-order valence-corrected chi connectivity index (χ0v) is 11.7. The number of carbonyl (C=O) groups is 1. The third kappa shape index (κ3) is 2.33. The van der Waals surface area contributed by atoms with Crippen LogP contribution in [-0.4, -0.2) is 32.8 Å². The Morgan fingerprint density at radius 2 is 2.35 bits per heavy atom. The van der Waals surface area contributed by atoms with Crippen molar-refractivity contribution in [2.75, 3.05) is 6.54 Å². The Labute approximate surface area is 118 Å². The molecule has 0 aromatic carbocycles. The Bertz CT molecular complexity index is 611. The van der Waals surface area contributed by atoms with Crippen molar-refractivity contribution in [2.45, 2.75) is 32.2 Å². The normalized spacial score (nSPS) is 18.1. The van der Waals surface area contributed by atoms with E-state index >= 15 is 0 Å². The Morgan fingerprint density at radius 1 is 1.45 bits per heavy atom. The van der Waals surface area contributed by atoms with E-state index in [9.17, 15) is 4.79 Å². The van der Waals surface area contributed by atoms with Crippen molar-refractivity contribution < 1.29 is 4.79 Å². The molecule has 0 N–H and O–H groups in total. The molecule has 0 saturated carbocycles. The summed E-state index contributed by atoms with van der Waals surface area (Å²) < 4.78 is 1.89. The van der Waals surface area contributed by atoms with E-state index in [1.807, 2.05) is 39.9 Å². The van der Waals surface area contributed by atoms with Crippen molar-refractivity contribution >= 4 is 11.6 Å². The highest BCUT2D eigenvalue weighted by molar-refractivity contribution is 5.93. The number of rotatable bonds is 4. The molecule has 1 atom stereocenters. The van der Waals surface area contributed by atoms with Gasteiger partial charge >= 0.3 is 0 Å². The first-order chi connectivity index (χ1) is 9.79. The summed E-state index contributed by atoms with van der Waals surface area (Å²) in [6.07, 6.45) is 11.3.